The standard InChI is InChI=1S/C15H19ClN2/c1-15(2,3)9-8-11-10-6-4-5-7-12(10)18-14(16)13(11)17/h4-7H,8-9,17H2,1-3H3. The first kappa shape index (κ1) is 13.2. The molecular formula is C15H19ClN2. The largest absolute Gasteiger partial charge is 0.396 e. The Bertz CT molecular complexity index is 570. The maximum absolute atomic E-state index is 6.11. The maximum Gasteiger partial charge on any atom is 0.152 e. The van der Waals surface area contributed by atoms with Crippen LogP contribution in [0.2, 0.25) is 5.15 Å². The average molecular weight is 263 g/mol. The van der Waals surface area contributed by atoms with Crippen molar-refractivity contribution in [3.8, 4) is 0 Å². The van der Waals surface area contributed by atoms with E-state index < -0.39 is 0 Å². The number of aromatic nitrogens is 1. The summed E-state index contributed by atoms with van der Waals surface area (Å²) < 4.78 is 0. The van der Waals surface area contributed by atoms with Gasteiger partial charge < -0.3 is 5.73 Å². The van der Waals surface area contributed by atoms with Gasteiger partial charge in [-0.2, -0.15) is 0 Å². The van der Waals surface area contributed by atoms with Crippen molar-refractivity contribution in [1.29, 1.82) is 0 Å². The molecule has 0 saturated carbocycles. The van der Waals surface area contributed by atoms with Crippen LogP contribution in [-0.4, -0.2) is 4.98 Å². The van der Waals surface area contributed by atoms with Crippen molar-refractivity contribution in [1.82, 2.24) is 4.98 Å². The Labute approximate surface area is 113 Å². The first-order valence-electron chi connectivity index (χ1n) is 6.21. The second-order valence-electron chi connectivity index (χ2n) is 5.87. The van der Waals surface area contributed by atoms with Gasteiger partial charge in [-0.25, -0.2) is 4.98 Å². The van der Waals surface area contributed by atoms with Crippen LogP contribution in [-0.2, 0) is 6.42 Å². The number of pyridine rings is 1. The highest BCUT2D eigenvalue weighted by Crippen LogP contribution is 2.32. The predicted molar refractivity (Wildman–Crippen MR) is 78.9 cm³/mol. The fraction of sp³-hybridized carbons (Fsp3) is 0.400. The summed E-state index contributed by atoms with van der Waals surface area (Å²) >= 11 is 6.11. The number of nitrogen functional groups attached to an aromatic ring is 1. The van der Waals surface area contributed by atoms with Crippen molar-refractivity contribution in [3.05, 3.63) is 35.0 Å². The maximum atomic E-state index is 6.11. The monoisotopic (exact) mass is 262 g/mol. The van der Waals surface area contributed by atoms with E-state index in [4.69, 9.17) is 17.3 Å². The number of hydrogen-bond acceptors (Lipinski definition) is 2. The molecule has 0 spiro atoms. The number of nitrogens with zero attached hydrogens (tertiary/aromatic N) is 1. The zero-order chi connectivity index (χ0) is 13.3. The second-order valence-corrected chi connectivity index (χ2v) is 6.23. The van der Waals surface area contributed by atoms with Crippen molar-refractivity contribution in [3.63, 3.8) is 0 Å². The molecule has 1 aromatic heterocycles. The van der Waals surface area contributed by atoms with Gasteiger partial charge in [0, 0.05) is 5.39 Å². The molecule has 0 aliphatic carbocycles. The van der Waals surface area contributed by atoms with Crippen LogP contribution in [0, 0.1) is 5.41 Å². The molecule has 2 aromatic rings. The van der Waals surface area contributed by atoms with E-state index in [0.717, 1.165) is 29.3 Å². The van der Waals surface area contributed by atoms with Gasteiger partial charge in [0.2, 0.25) is 0 Å². The molecule has 0 aliphatic rings. The molecule has 0 unspecified atom stereocenters. The molecule has 0 radical (unpaired) electrons. The molecule has 18 heavy (non-hydrogen) atoms. The Hall–Kier alpha value is -1.28. The minimum Gasteiger partial charge on any atom is -0.396 e. The number of nitrogens with two attached hydrogens (primary N) is 1. The second kappa shape index (κ2) is 4.77. The van der Waals surface area contributed by atoms with Crippen LogP contribution >= 0.6 is 11.6 Å². The van der Waals surface area contributed by atoms with E-state index >= 15 is 0 Å². The average Bonchev–Trinajstić information content (AvgIpc) is 2.28. The van der Waals surface area contributed by atoms with Gasteiger partial charge in [-0.1, -0.05) is 50.6 Å². The Kier molecular flexibility index (Phi) is 3.49. The smallest absolute Gasteiger partial charge is 0.152 e. The third-order valence-corrected chi connectivity index (χ3v) is 3.41. The van der Waals surface area contributed by atoms with E-state index in [0.29, 0.717) is 10.8 Å². The SMILES string of the molecule is CC(C)(C)CCc1c(N)c(Cl)nc2ccccc12. The summed E-state index contributed by atoms with van der Waals surface area (Å²) in [6.45, 7) is 6.69. The number of fused-ring (bicyclic) bond motifs is 1. The number of hydrogen-bond donors (Lipinski definition) is 1. The third-order valence-electron chi connectivity index (χ3n) is 3.12. The van der Waals surface area contributed by atoms with Gasteiger partial charge in [0.25, 0.3) is 0 Å². The minimum absolute atomic E-state index is 0.281. The van der Waals surface area contributed by atoms with Gasteiger partial charge in [0.1, 0.15) is 0 Å². The predicted octanol–water partition coefficient (Wildman–Crippen LogP) is 4.45. The molecule has 0 amide bonds. The summed E-state index contributed by atoms with van der Waals surface area (Å²) in [7, 11) is 0. The van der Waals surface area contributed by atoms with Crippen molar-refractivity contribution in [2.75, 3.05) is 5.73 Å². The van der Waals surface area contributed by atoms with Gasteiger partial charge in [-0.05, 0) is 29.9 Å². The molecule has 3 heteroatoms. The summed E-state index contributed by atoms with van der Waals surface area (Å²) in [6.07, 6.45) is 2.00. The third kappa shape index (κ3) is 2.75. The number of halogens is 1. The highest BCUT2D eigenvalue weighted by molar-refractivity contribution is 6.32. The molecule has 0 saturated heterocycles. The minimum atomic E-state index is 0.281. The van der Waals surface area contributed by atoms with Crippen LogP contribution < -0.4 is 5.73 Å². The lowest BCUT2D eigenvalue weighted by Crippen LogP contribution is -2.08. The Balaban J connectivity index is 2.50. The van der Waals surface area contributed by atoms with Crippen LogP contribution in [0.3, 0.4) is 0 Å². The molecule has 0 bridgehead atoms. The highest BCUT2D eigenvalue weighted by Gasteiger charge is 2.15. The molecule has 0 atom stereocenters. The molecule has 2 N–H and O–H groups in total. The van der Waals surface area contributed by atoms with Gasteiger partial charge in [-0.15, -0.1) is 0 Å². The Morgan fingerprint density at radius 3 is 2.56 bits per heavy atom. The van der Waals surface area contributed by atoms with Crippen LogP contribution in [0.15, 0.2) is 24.3 Å². The summed E-state index contributed by atoms with van der Waals surface area (Å²) in [4.78, 5) is 4.32. The molecular weight excluding hydrogens is 244 g/mol. The molecule has 96 valence electrons. The van der Waals surface area contributed by atoms with Crippen LogP contribution in [0.1, 0.15) is 32.8 Å². The highest BCUT2D eigenvalue weighted by atomic mass is 35.5. The first-order valence-corrected chi connectivity index (χ1v) is 6.59. The van der Waals surface area contributed by atoms with Crippen molar-refractivity contribution in [2.45, 2.75) is 33.6 Å². The van der Waals surface area contributed by atoms with Crippen LogP contribution in [0.5, 0.6) is 0 Å². The van der Waals surface area contributed by atoms with E-state index in [2.05, 4.69) is 31.8 Å². The fourth-order valence-corrected chi connectivity index (χ4v) is 2.24. The van der Waals surface area contributed by atoms with Gasteiger partial charge in [-0.3, -0.25) is 0 Å². The Morgan fingerprint density at radius 1 is 1.22 bits per heavy atom. The first-order chi connectivity index (χ1) is 8.38. The lowest BCUT2D eigenvalue weighted by molar-refractivity contribution is 0.379. The molecule has 0 aliphatic heterocycles. The van der Waals surface area contributed by atoms with E-state index in [1.807, 2.05) is 18.2 Å². The summed E-state index contributed by atoms with van der Waals surface area (Å²) in [6, 6.07) is 8.02. The quantitative estimate of drug-likeness (QED) is 0.812. The van der Waals surface area contributed by atoms with Gasteiger partial charge in [0.15, 0.2) is 5.15 Å². The number of para-hydroxylation sites is 1. The van der Waals surface area contributed by atoms with E-state index in [-0.39, 0.29) is 5.41 Å². The van der Waals surface area contributed by atoms with E-state index in [1.54, 1.807) is 0 Å². The zero-order valence-corrected chi connectivity index (χ0v) is 11.9. The zero-order valence-electron chi connectivity index (χ0n) is 11.1. The molecule has 1 aromatic carbocycles. The molecule has 1 heterocycles. The summed E-state index contributed by atoms with van der Waals surface area (Å²) in [5, 5.41) is 1.53. The number of anilines is 1. The number of benzene rings is 1. The van der Waals surface area contributed by atoms with E-state index in [9.17, 15) is 0 Å². The number of aryl methyl sites for hydroxylation is 1. The lowest BCUT2D eigenvalue weighted by Gasteiger charge is -2.19. The molecule has 0 fully saturated rings. The van der Waals surface area contributed by atoms with Crippen molar-refractivity contribution in [2.24, 2.45) is 5.41 Å². The lowest BCUT2D eigenvalue weighted by atomic mass is 9.87. The van der Waals surface area contributed by atoms with Crippen LogP contribution in [0.4, 0.5) is 5.69 Å². The van der Waals surface area contributed by atoms with Gasteiger partial charge in [0.05, 0.1) is 11.2 Å². The topological polar surface area (TPSA) is 38.9 Å². The number of rotatable bonds is 2. The Morgan fingerprint density at radius 2 is 1.89 bits per heavy atom. The molecule has 2 nitrogen and oxygen atoms in total. The fourth-order valence-electron chi connectivity index (χ4n) is 2.03. The summed E-state index contributed by atoms with van der Waals surface area (Å²) in [5.41, 5.74) is 9.03. The summed E-state index contributed by atoms with van der Waals surface area (Å²) in [5.74, 6) is 0. The van der Waals surface area contributed by atoms with Gasteiger partial charge >= 0.3 is 0 Å². The van der Waals surface area contributed by atoms with Crippen molar-refractivity contribution >= 4 is 28.2 Å². The molecule has 2 rings (SSSR count). The van der Waals surface area contributed by atoms with Crippen molar-refractivity contribution < 1.29 is 0 Å². The normalized spacial score (nSPS) is 12.0. The van der Waals surface area contributed by atoms with E-state index in [1.165, 1.54) is 0 Å². The van der Waals surface area contributed by atoms with Crippen LogP contribution in [0.25, 0.3) is 10.9 Å².